The van der Waals surface area contributed by atoms with Crippen LogP contribution in [-0.4, -0.2) is 80.6 Å². The lowest BCUT2D eigenvalue weighted by Gasteiger charge is -2.42. The maximum absolute atomic E-state index is 12.5. The summed E-state index contributed by atoms with van der Waals surface area (Å²) in [5.74, 6) is 0.0329. The largest absolute Gasteiger partial charge is 0.443 e. The van der Waals surface area contributed by atoms with Crippen molar-refractivity contribution in [1.29, 1.82) is 0 Å². The molecule has 3 saturated heterocycles. The highest BCUT2D eigenvalue weighted by Gasteiger charge is 2.72. The van der Waals surface area contributed by atoms with Gasteiger partial charge in [0, 0.05) is 20.2 Å². The summed E-state index contributed by atoms with van der Waals surface area (Å²) in [4.78, 5) is 12.5. The molecule has 1 spiro atoms. The molecule has 1 amide bonds. The number of hydrazine groups is 1. The van der Waals surface area contributed by atoms with E-state index in [1.165, 1.54) is 5.57 Å². The van der Waals surface area contributed by atoms with E-state index in [0.29, 0.717) is 26.3 Å². The summed E-state index contributed by atoms with van der Waals surface area (Å²) < 4.78 is 29.2. The van der Waals surface area contributed by atoms with Crippen molar-refractivity contribution in [2.24, 2.45) is 5.92 Å². The van der Waals surface area contributed by atoms with Gasteiger partial charge in [-0.3, -0.25) is 5.43 Å². The summed E-state index contributed by atoms with van der Waals surface area (Å²) in [5.41, 5.74) is 3.57. The van der Waals surface area contributed by atoms with Gasteiger partial charge in [-0.25, -0.2) is 9.80 Å². The molecule has 0 aromatic carbocycles. The minimum Gasteiger partial charge on any atom is -0.443 e. The number of hydrogen-bond acceptors (Lipinski definition) is 7. The summed E-state index contributed by atoms with van der Waals surface area (Å²) in [5, 5.41) is 1.83. The van der Waals surface area contributed by atoms with E-state index < -0.39 is 6.09 Å². The van der Waals surface area contributed by atoms with Crippen molar-refractivity contribution in [3.8, 4) is 0 Å². The Morgan fingerprint density at radius 1 is 1.31 bits per heavy atom. The third-order valence-corrected chi connectivity index (χ3v) is 6.76. The lowest BCUT2D eigenvalue weighted by Crippen LogP contribution is -2.57. The normalized spacial score (nSPS) is 41.7. The number of carbonyl (C=O) groups excluding carboxylic acids is 1. The van der Waals surface area contributed by atoms with Crippen LogP contribution in [0.3, 0.4) is 0 Å². The number of epoxide rings is 2. The second-order valence-corrected chi connectivity index (χ2v) is 9.03. The average molecular weight is 411 g/mol. The van der Waals surface area contributed by atoms with E-state index in [0.717, 1.165) is 25.9 Å². The molecule has 4 fully saturated rings. The van der Waals surface area contributed by atoms with E-state index in [1.54, 1.807) is 7.11 Å². The number of morpholine rings is 1. The van der Waals surface area contributed by atoms with Gasteiger partial charge in [0.1, 0.15) is 23.4 Å². The fourth-order valence-electron chi connectivity index (χ4n) is 5.04. The highest BCUT2D eigenvalue weighted by Crippen LogP contribution is 2.59. The van der Waals surface area contributed by atoms with Crippen molar-refractivity contribution >= 4 is 6.09 Å². The Kier molecular flexibility index (Phi) is 5.92. The molecule has 8 heteroatoms. The van der Waals surface area contributed by atoms with Crippen LogP contribution in [0.25, 0.3) is 0 Å². The Morgan fingerprint density at radius 2 is 2.03 bits per heavy atom. The topological polar surface area (TPSA) is 85.1 Å². The van der Waals surface area contributed by atoms with Gasteiger partial charge in [0.15, 0.2) is 0 Å². The zero-order valence-electron chi connectivity index (χ0n) is 17.9. The molecule has 164 valence electrons. The van der Waals surface area contributed by atoms with Crippen molar-refractivity contribution in [3.63, 3.8) is 0 Å². The summed E-state index contributed by atoms with van der Waals surface area (Å²) in [6.07, 6.45) is 3.78. The number of carbonyl (C=O) groups is 1. The maximum atomic E-state index is 12.5. The Labute approximate surface area is 172 Å². The van der Waals surface area contributed by atoms with Gasteiger partial charge in [0.25, 0.3) is 0 Å². The molecular weight excluding hydrogens is 376 g/mol. The number of methoxy groups -OCH3 is 1. The highest BCUT2D eigenvalue weighted by atomic mass is 16.6. The Morgan fingerprint density at radius 3 is 2.66 bits per heavy atom. The van der Waals surface area contributed by atoms with Gasteiger partial charge in [-0.1, -0.05) is 11.6 Å². The monoisotopic (exact) mass is 410 g/mol. The van der Waals surface area contributed by atoms with Crippen LogP contribution < -0.4 is 5.43 Å². The minimum absolute atomic E-state index is 0.0329. The van der Waals surface area contributed by atoms with Crippen LogP contribution >= 0.6 is 0 Å². The average Bonchev–Trinajstić information content (AvgIpc) is 3.60. The van der Waals surface area contributed by atoms with E-state index >= 15 is 0 Å². The van der Waals surface area contributed by atoms with Gasteiger partial charge in [0.2, 0.25) is 0 Å². The minimum atomic E-state index is -0.437. The second kappa shape index (κ2) is 8.15. The van der Waals surface area contributed by atoms with Gasteiger partial charge >= 0.3 is 6.09 Å². The van der Waals surface area contributed by atoms with Crippen molar-refractivity contribution in [3.05, 3.63) is 11.6 Å². The predicted octanol–water partition coefficient (Wildman–Crippen LogP) is 2.04. The smallest absolute Gasteiger partial charge is 0.422 e. The van der Waals surface area contributed by atoms with Crippen LogP contribution in [0.5, 0.6) is 0 Å². The lowest BCUT2D eigenvalue weighted by atomic mass is 9.68. The molecule has 0 radical (unpaired) electrons. The summed E-state index contributed by atoms with van der Waals surface area (Å²) >= 11 is 0. The third kappa shape index (κ3) is 4.32. The van der Waals surface area contributed by atoms with Crippen LogP contribution in [0.4, 0.5) is 4.79 Å². The van der Waals surface area contributed by atoms with E-state index in [1.807, 2.05) is 5.01 Å². The van der Waals surface area contributed by atoms with Gasteiger partial charge in [-0.2, -0.15) is 0 Å². The fourth-order valence-corrected chi connectivity index (χ4v) is 5.04. The molecule has 1 saturated carbocycles. The first-order chi connectivity index (χ1) is 13.9. The van der Waals surface area contributed by atoms with Crippen molar-refractivity contribution in [2.75, 3.05) is 40.0 Å². The van der Waals surface area contributed by atoms with Crippen LogP contribution in [0.1, 0.15) is 40.0 Å². The first kappa shape index (κ1) is 21.1. The van der Waals surface area contributed by atoms with Crippen LogP contribution in [0.15, 0.2) is 11.6 Å². The van der Waals surface area contributed by atoms with Gasteiger partial charge in [-0.05, 0) is 40.0 Å². The summed E-state index contributed by atoms with van der Waals surface area (Å²) in [6, 6.07) is 0. The molecule has 8 nitrogen and oxygen atoms in total. The molecular formula is C21H34N2O6. The number of hydrogen-bond donors (Lipinski definition) is 1. The van der Waals surface area contributed by atoms with Gasteiger partial charge in [-0.15, -0.1) is 0 Å². The lowest BCUT2D eigenvalue weighted by molar-refractivity contribution is -0.120. The molecule has 1 N–H and O–H groups in total. The molecule has 1 aliphatic carbocycles. The van der Waals surface area contributed by atoms with E-state index in [9.17, 15) is 4.79 Å². The first-order valence-electron chi connectivity index (χ1n) is 10.7. The number of ether oxygens (including phenoxy) is 5. The Balaban J connectivity index is 1.42. The number of rotatable bonds is 6. The maximum Gasteiger partial charge on any atom is 0.422 e. The van der Waals surface area contributed by atoms with Crippen molar-refractivity contribution in [2.45, 2.75) is 69.5 Å². The second-order valence-electron chi connectivity index (χ2n) is 9.03. The fraction of sp³-hybridized carbons (Fsp3) is 0.857. The third-order valence-electron chi connectivity index (χ3n) is 6.76. The zero-order valence-corrected chi connectivity index (χ0v) is 17.9. The predicted molar refractivity (Wildman–Crippen MR) is 105 cm³/mol. The summed E-state index contributed by atoms with van der Waals surface area (Å²) in [6.45, 7) is 9.59. The first-order valence-corrected chi connectivity index (χ1v) is 10.7. The molecule has 0 bridgehead atoms. The highest BCUT2D eigenvalue weighted by molar-refractivity contribution is 5.66. The van der Waals surface area contributed by atoms with Crippen molar-refractivity contribution in [1.82, 2.24) is 10.4 Å². The molecule has 0 aromatic heterocycles. The van der Waals surface area contributed by atoms with E-state index in [-0.39, 0.29) is 35.4 Å². The Bertz CT molecular complexity index is 641. The van der Waals surface area contributed by atoms with E-state index in [2.05, 4.69) is 32.3 Å². The molecule has 4 aliphatic rings. The Hall–Kier alpha value is -1.19. The number of nitrogens with zero attached hydrogens (tertiary/aromatic N) is 1. The zero-order chi connectivity index (χ0) is 20.6. The molecule has 0 aromatic rings. The van der Waals surface area contributed by atoms with Crippen LogP contribution in [0, 0.1) is 5.92 Å². The molecule has 6 atom stereocenters. The number of nitrogens with one attached hydrogen (secondary N) is 1. The number of allylic oxidation sites excluding steroid dienone is 1. The molecule has 3 aliphatic heterocycles. The molecule has 4 rings (SSSR count). The molecule has 29 heavy (non-hydrogen) atoms. The van der Waals surface area contributed by atoms with E-state index in [4.69, 9.17) is 23.7 Å². The number of amides is 1. The van der Waals surface area contributed by atoms with Crippen molar-refractivity contribution < 1.29 is 28.5 Å². The molecule has 3 heterocycles. The summed E-state index contributed by atoms with van der Waals surface area (Å²) in [7, 11) is 1.69. The van der Waals surface area contributed by atoms with Gasteiger partial charge in [0.05, 0.1) is 31.8 Å². The van der Waals surface area contributed by atoms with Crippen LogP contribution in [0.2, 0.25) is 0 Å². The van der Waals surface area contributed by atoms with Crippen LogP contribution in [-0.2, 0) is 23.7 Å². The molecule has 0 unspecified atom stereocenters. The van der Waals surface area contributed by atoms with Gasteiger partial charge < -0.3 is 23.7 Å². The standard InChI is InChI=1S/C21H34N2O6/c1-14(2)5-6-16-20(3,29-16)18-17(25-4)15(7-8-21(18)13-27-21)28-19(24)22-23-9-11-26-12-10-23/h5,15-18H,6-13H2,1-4H3,(H,22,24)/t15-,16-,17-,18+,20+,21+/m1/s1. The quantitative estimate of drug-likeness (QED) is 0.530. The SMILES string of the molecule is CO[C@H]1[C@@H]([C@@]2(C)O[C@@H]2CC=C(C)C)[C@]2(CC[C@H]1OC(=O)NN1CCOCC1)CO2.